The van der Waals surface area contributed by atoms with Gasteiger partial charge in [0.05, 0.1) is 33.2 Å². The third kappa shape index (κ3) is 3.83. The van der Waals surface area contributed by atoms with Crippen molar-refractivity contribution in [2.45, 2.75) is 44.6 Å². The zero-order valence-electron chi connectivity index (χ0n) is 18.3. The molecule has 0 aliphatic heterocycles. The molecule has 0 saturated carbocycles. The summed E-state index contributed by atoms with van der Waals surface area (Å²) in [5.41, 5.74) is 2.94. The third-order valence-corrected chi connectivity index (χ3v) is 6.60. The van der Waals surface area contributed by atoms with Crippen molar-refractivity contribution >= 4 is 45.0 Å². The molecule has 2 aromatic heterocycles. The molecule has 8 heteroatoms. The van der Waals surface area contributed by atoms with Gasteiger partial charge in [0.25, 0.3) is 5.56 Å². The molecule has 0 aliphatic rings. The molecular formula is C23H25N5O2S. The van der Waals surface area contributed by atoms with E-state index in [0.717, 1.165) is 27.8 Å². The van der Waals surface area contributed by atoms with Crippen molar-refractivity contribution in [3.8, 4) is 0 Å². The van der Waals surface area contributed by atoms with Gasteiger partial charge in [-0.05, 0) is 50.6 Å². The SMILES string of the molecule is CCn1c(SC(C)C(=O)Nc2c(C)nn(C)c2C)nc2cc3ccccc3cc2c1=O. The second kappa shape index (κ2) is 8.19. The molecule has 7 nitrogen and oxygen atoms in total. The number of nitrogens with one attached hydrogen (secondary N) is 1. The largest absolute Gasteiger partial charge is 0.322 e. The summed E-state index contributed by atoms with van der Waals surface area (Å²) < 4.78 is 3.37. The highest BCUT2D eigenvalue weighted by Crippen LogP contribution is 2.27. The van der Waals surface area contributed by atoms with Gasteiger partial charge in [0.15, 0.2) is 5.16 Å². The van der Waals surface area contributed by atoms with Gasteiger partial charge in [0.1, 0.15) is 0 Å². The Morgan fingerprint density at radius 1 is 1.19 bits per heavy atom. The smallest absolute Gasteiger partial charge is 0.262 e. The molecule has 0 bridgehead atoms. The van der Waals surface area contributed by atoms with Gasteiger partial charge < -0.3 is 5.32 Å². The molecular weight excluding hydrogens is 410 g/mol. The van der Waals surface area contributed by atoms with Crippen LogP contribution >= 0.6 is 11.8 Å². The van der Waals surface area contributed by atoms with Crippen LogP contribution in [0.1, 0.15) is 25.2 Å². The van der Waals surface area contributed by atoms with E-state index in [1.807, 2.05) is 71.1 Å². The first-order chi connectivity index (χ1) is 14.8. The number of hydrogen-bond acceptors (Lipinski definition) is 5. The molecule has 0 aliphatic carbocycles. The normalized spacial score (nSPS) is 12.4. The van der Waals surface area contributed by atoms with Crippen LogP contribution in [0, 0.1) is 13.8 Å². The fourth-order valence-corrected chi connectivity index (χ4v) is 4.62. The predicted octanol–water partition coefficient (Wildman–Crippen LogP) is 4.04. The van der Waals surface area contributed by atoms with Gasteiger partial charge in [-0.1, -0.05) is 36.0 Å². The lowest BCUT2D eigenvalue weighted by Gasteiger charge is -2.16. The number of thioether (sulfide) groups is 1. The third-order valence-electron chi connectivity index (χ3n) is 5.51. The van der Waals surface area contributed by atoms with Crippen molar-refractivity contribution in [3.05, 3.63) is 58.1 Å². The average molecular weight is 436 g/mol. The maximum atomic E-state index is 13.2. The fraction of sp³-hybridized carbons (Fsp3) is 0.304. The summed E-state index contributed by atoms with van der Waals surface area (Å²) in [6, 6.07) is 11.7. The highest BCUT2D eigenvalue weighted by molar-refractivity contribution is 8.00. The molecule has 31 heavy (non-hydrogen) atoms. The molecule has 4 aromatic rings. The van der Waals surface area contributed by atoms with E-state index in [0.29, 0.717) is 22.6 Å². The predicted molar refractivity (Wildman–Crippen MR) is 126 cm³/mol. The lowest BCUT2D eigenvalue weighted by Crippen LogP contribution is -2.27. The first-order valence-electron chi connectivity index (χ1n) is 10.2. The highest BCUT2D eigenvalue weighted by Gasteiger charge is 2.21. The van der Waals surface area contributed by atoms with Crippen molar-refractivity contribution in [1.82, 2.24) is 19.3 Å². The maximum absolute atomic E-state index is 13.2. The minimum absolute atomic E-state index is 0.0905. The first-order valence-corrected chi connectivity index (χ1v) is 11.1. The summed E-state index contributed by atoms with van der Waals surface area (Å²) in [6.45, 7) is 7.98. The molecule has 1 amide bonds. The number of rotatable bonds is 5. The van der Waals surface area contributed by atoms with Gasteiger partial charge in [-0.25, -0.2) is 4.98 Å². The van der Waals surface area contributed by atoms with Crippen LogP contribution in [0.3, 0.4) is 0 Å². The average Bonchev–Trinajstić information content (AvgIpc) is 2.98. The van der Waals surface area contributed by atoms with Gasteiger partial charge in [-0.3, -0.25) is 18.8 Å². The van der Waals surface area contributed by atoms with E-state index in [9.17, 15) is 9.59 Å². The molecule has 1 unspecified atom stereocenters. The monoisotopic (exact) mass is 435 g/mol. The van der Waals surface area contributed by atoms with E-state index < -0.39 is 5.25 Å². The van der Waals surface area contributed by atoms with E-state index in [1.54, 1.807) is 9.25 Å². The second-order valence-electron chi connectivity index (χ2n) is 7.58. The lowest BCUT2D eigenvalue weighted by atomic mass is 10.1. The highest BCUT2D eigenvalue weighted by atomic mass is 32.2. The molecule has 0 spiro atoms. The quantitative estimate of drug-likeness (QED) is 0.291. The molecule has 1 N–H and O–H groups in total. The molecule has 0 saturated heterocycles. The number of hydrogen-bond donors (Lipinski definition) is 1. The Morgan fingerprint density at radius 3 is 2.48 bits per heavy atom. The lowest BCUT2D eigenvalue weighted by molar-refractivity contribution is -0.115. The second-order valence-corrected chi connectivity index (χ2v) is 8.89. The number of nitrogens with zero attached hydrogens (tertiary/aromatic N) is 4. The van der Waals surface area contributed by atoms with Gasteiger partial charge in [-0.2, -0.15) is 5.10 Å². The Labute approximate surface area is 184 Å². The van der Waals surface area contributed by atoms with Crippen LogP contribution in [0.2, 0.25) is 0 Å². The molecule has 4 rings (SSSR count). The summed E-state index contributed by atoms with van der Waals surface area (Å²) in [4.78, 5) is 30.8. The van der Waals surface area contributed by atoms with Crippen molar-refractivity contribution < 1.29 is 4.79 Å². The molecule has 0 fully saturated rings. The van der Waals surface area contributed by atoms with Gasteiger partial charge in [0.2, 0.25) is 5.91 Å². The Balaban J connectivity index is 1.68. The number of carbonyl (C=O) groups is 1. The number of carbonyl (C=O) groups excluding carboxylic acids is 1. The summed E-state index contributed by atoms with van der Waals surface area (Å²) in [7, 11) is 1.85. The number of fused-ring (bicyclic) bond motifs is 2. The Bertz CT molecular complexity index is 1370. The molecule has 2 heterocycles. The molecule has 0 radical (unpaired) electrons. The minimum atomic E-state index is -0.443. The van der Waals surface area contributed by atoms with E-state index in [-0.39, 0.29) is 11.5 Å². The van der Waals surface area contributed by atoms with Crippen molar-refractivity contribution in [2.75, 3.05) is 5.32 Å². The van der Waals surface area contributed by atoms with Crippen LogP contribution < -0.4 is 10.9 Å². The Morgan fingerprint density at radius 2 is 1.87 bits per heavy atom. The van der Waals surface area contributed by atoms with Crippen molar-refractivity contribution in [3.63, 3.8) is 0 Å². The molecule has 160 valence electrons. The van der Waals surface area contributed by atoms with Crippen LogP contribution in [0.15, 0.2) is 46.3 Å². The number of benzene rings is 2. The summed E-state index contributed by atoms with van der Waals surface area (Å²) in [6.07, 6.45) is 0. The topological polar surface area (TPSA) is 81.8 Å². The van der Waals surface area contributed by atoms with Crippen molar-refractivity contribution in [1.29, 1.82) is 0 Å². The first kappa shape index (κ1) is 21.1. The van der Waals surface area contributed by atoms with E-state index in [2.05, 4.69) is 10.4 Å². The van der Waals surface area contributed by atoms with Crippen LogP contribution in [-0.2, 0) is 18.4 Å². The zero-order chi connectivity index (χ0) is 22.3. The summed E-state index contributed by atoms with van der Waals surface area (Å²) in [5, 5.41) is 10.0. The fourth-order valence-electron chi connectivity index (χ4n) is 3.65. The van der Waals surface area contributed by atoms with Crippen molar-refractivity contribution in [2.24, 2.45) is 7.05 Å². The number of amides is 1. The Hall–Kier alpha value is -3.13. The van der Waals surface area contributed by atoms with E-state index in [4.69, 9.17) is 4.98 Å². The number of aromatic nitrogens is 4. The van der Waals surface area contributed by atoms with Crippen LogP contribution in [0.25, 0.3) is 21.7 Å². The zero-order valence-corrected chi connectivity index (χ0v) is 19.1. The Kier molecular flexibility index (Phi) is 5.58. The molecule has 1 atom stereocenters. The standard InChI is InChI=1S/C23H25N5O2S/c1-6-28-22(30)18-11-16-9-7-8-10-17(16)12-19(18)24-23(28)31-15(4)21(29)25-20-13(2)26-27(5)14(20)3/h7-12,15H,6H2,1-5H3,(H,25,29). The van der Waals surface area contributed by atoms with Gasteiger partial charge >= 0.3 is 0 Å². The number of aryl methyl sites for hydroxylation is 2. The van der Waals surface area contributed by atoms with Gasteiger partial charge in [0, 0.05) is 13.6 Å². The summed E-state index contributed by atoms with van der Waals surface area (Å²) >= 11 is 1.29. The van der Waals surface area contributed by atoms with Crippen LogP contribution in [-0.4, -0.2) is 30.5 Å². The van der Waals surface area contributed by atoms with Crippen LogP contribution in [0.4, 0.5) is 5.69 Å². The van der Waals surface area contributed by atoms with E-state index >= 15 is 0 Å². The van der Waals surface area contributed by atoms with Gasteiger partial charge in [-0.15, -0.1) is 0 Å². The minimum Gasteiger partial charge on any atom is -0.322 e. The van der Waals surface area contributed by atoms with E-state index in [1.165, 1.54) is 11.8 Å². The maximum Gasteiger partial charge on any atom is 0.262 e. The molecule has 2 aromatic carbocycles. The summed E-state index contributed by atoms with van der Waals surface area (Å²) in [5.74, 6) is -0.153. The van der Waals surface area contributed by atoms with Crippen LogP contribution in [0.5, 0.6) is 0 Å². The number of anilines is 1.